The summed E-state index contributed by atoms with van der Waals surface area (Å²) in [6.07, 6.45) is 1.51. The topological polar surface area (TPSA) is 52.6 Å². The van der Waals surface area contributed by atoms with E-state index in [4.69, 9.17) is 9.47 Å². The summed E-state index contributed by atoms with van der Waals surface area (Å²) in [6.45, 7) is 0.218. The van der Waals surface area contributed by atoms with Crippen molar-refractivity contribution in [1.29, 1.82) is 0 Å². The van der Waals surface area contributed by atoms with Gasteiger partial charge in [-0.05, 0) is 30.3 Å². The maximum absolute atomic E-state index is 10.9. The molecule has 4 heteroatoms. The Labute approximate surface area is 116 Å². The molecule has 2 aromatic carbocycles. The van der Waals surface area contributed by atoms with Crippen LogP contribution in [-0.2, 0) is 6.61 Å². The van der Waals surface area contributed by atoms with E-state index >= 15 is 0 Å². The Balaban J connectivity index is 2.21. The van der Waals surface area contributed by atoms with Crippen molar-refractivity contribution in [3.05, 3.63) is 59.2 Å². The average Bonchev–Trinajstić information content (AvgIpc) is 2.52. The molecular weight excluding hydrogens is 256 g/mol. The number of hydrogen-bond donors (Lipinski definition) is 0. The van der Waals surface area contributed by atoms with Gasteiger partial charge in [-0.3, -0.25) is 9.59 Å². The molecule has 0 amide bonds. The van der Waals surface area contributed by atoms with Gasteiger partial charge in [-0.2, -0.15) is 0 Å². The predicted molar refractivity (Wildman–Crippen MR) is 74.5 cm³/mol. The monoisotopic (exact) mass is 270 g/mol. The zero-order valence-electron chi connectivity index (χ0n) is 11.0. The van der Waals surface area contributed by atoms with Crippen LogP contribution in [-0.4, -0.2) is 19.7 Å². The fraction of sp³-hybridized carbons (Fsp3) is 0.125. The smallest absolute Gasteiger partial charge is 0.153 e. The van der Waals surface area contributed by atoms with Crippen LogP contribution in [0.3, 0.4) is 0 Å². The van der Waals surface area contributed by atoms with Crippen molar-refractivity contribution >= 4 is 12.6 Å². The first-order chi connectivity index (χ1) is 9.78. The van der Waals surface area contributed by atoms with Gasteiger partial charge in [0.2, 0.25) is 0 Å². The van der Waals surface area contributed by atoms with Gasteiger partial charge in [0.1, 0.15) is 24.4 Å². The van der Waals surface area contributed by atoms with Crippen LogP contribution >= 0.6 is 0 Å². The molecule has 0 saturated carbocycles. The van der Waals surface area contributed by atoms with Crippen molar-refractivity contribution < 1.29 is 19.1 Å². The van der Waals surface area contributed by atoms with Gasteiger partial charge in [0, 0.05) is 11.1 Å². The molecule has 0 unspecified atom stereocenters. The molecule has 0 aliphatic rings. The Bertz CT molecular complexity index is 620. The van der Waals surface area contributed by atoms with Gasteiger partial charge in [-0.1, -0.05) is 12.1 Å². The average molecular weight is 270 g/mol. The predicted octanol–water partition coefficient (Wildman–Crippen LogP) is 2.90. The number of carbonyl (C=O) groups excluding carboxylic acids is 2. The van der Waals surface area contributed by atoms with E-state index in [-0.39, 0.29) is 6.61 Å². The van der Waals surface area contributed by atoms with E-state index in [1.807, 2.05) is 0 Å². The van der Waals surface area contributed by atoms with E-state index in [1.54, 1.807) is 49.6 Å². The highest BCUT2D eigenvalue weighted by molar-refractivity contribution is 5.79. The first kappa shape index (κ1) is 13.8. The summed E-state index contributed by atoms with van der Waals surface area (Å²) in [5.41, 5.74) is 1.78. The molecule has 0 heterocycles. The zero-order chi connectivity index (χ0) is 14.4. The van der Waals surface area contributed by atoms with Crippen molar-refractivity contribution in [2.75, 3.05) is 7.11 Å². The fourth-order valence-corrected chi connectivity index (χ4v) is 1.85. The van der Waals surface area contributed by atoms with Gasteiger partial charge in [0.15, 0.2) is 6.29 Å². The lowest BCUT2D eigenvalue weighted by atomic mass is 10.1. The van der Waals surface area contributed by atoms with Crippen molar-refractivity contribution in [1.82, 2.24) is 0 Å². The van der Waals surface area contributed by atoms with E-state index in [0.29, 0.717) is 22.6 Å². The number of para-hydroxylation sites is 1. The first-order valence-electron chi connectivity index (χ1n) is 6.07. The van der Waals surface area contributed by atoms with E-state index in [0.717, 1.165) is 18.1 Å². The summed E-state index contributed by atoms with van der Waals surface area (Å²) in [6, 6.07) is 12.1. The standard InChI is InChI=1S/C16H14O4/c1-19-15-7-6-12(9-17)8-14(15)11-20-16-5-3-2-4-13(16)10-18/h2-10H,11H2,1H3. The molecule has 4 nitrogen and oxygen atoms in total. The summed E-state index contributed by atoms with van der Waals surface area (Å²) in [5, 5.41) is 0. The fourth-order valence-electron chi connectivity index (χ4n) is 1.85. The Kier molecular flexibility index (Phi) is 4.50. The van der Waals surface area contributed by atoms with E-state index in [2.05, 4.69) is 0 Å². The lowest BCUT2D eigenvalue weighted by Gasteiger charge is -2.11. The molecule has 0 aliphatic carbocycles. The van der Waals surface area contributed by atoms with Crippen LogP contribution in [0.5, 0.6) is 11.5 Å². The third-order valence-corrected chi connectivity index (χ3v) is 2.87. The van der Waals surface area contributed by atoms with Crippen LogP contribution in [0.1, 0.15) is 26.3 Å². The lowest BCUT2D eigenvalue weighted by Crippen LogP contribution is -2.01. The molecule has 0 radical (unpaired) electrons. The van der Waals surface area contributed by atoms with Gasteiger partial charge in [0.25, 0.3) is 0 Å². The zero-order valence-corrected chi connectivity index (χ0v) is 11.0. The van der Waals surface area contributed by atoms with E-state index < -0.39 is 0 Å². The Hall–Kier alpha value is -2.62. The van der Waals surface area contributed by atoms with Gasteiger partial charge in [-0.15, -0.1) is 0 Å². The molecule has 0 aliphatic heterocycles. The molecule has 0 saturated heterocycles. The molecule has 0 bridgehead atoms. The Morgan fingerprint density at radius 1 is 1.00 bits per heavy atom. The maximum Gasteiger partial charge on any atom is 0.153 e. The highest BCUT2D eigenvalue weighted by Gasteiger charge is 2.07. The number of rotatable bonds is 6. The van der Waals surface area contributed by atoms with Crippen molar-refractivity contribution in [3.8, 4) is 11.5 Å². The van der Waals surface area contributed by atoms with E-state index in [1.165, 1.54) is 0 Å². The third-order valence-electron chi connectivity index (χ3n) is 2.87. The Morgan fingerprint density at radius 3 is 2.50 bits per heavy atom. The summed E-state index contributed by atoms with van der Waals surface area (Å²) >= 11 is 0. The number of ether oxygens (including phenoxy) is 2. The Morgan fingerprint density at radius 2 is 1.80 bits per heavy atom. The number of hydrogen-bond acceptors (Lipinski definition) is 4. The van der Waals surface area contributed by atoms with E-state index in [9.17, 15) is 9.59 Å². The summed E-state index contributed by atoms with van der Waals surface area (Å²) < 4.78 is 10.9. The van der Waals surface area contributed by atoms with Crippen LogP contribution in [0, 0.1) is 0 Å². The van der Waals surface area contributed by atoms with Crippen LogP contribution in [0.4, 0.5) is 0 Å². The molecule has 2 aromatic rings. The maximum atomic E-state index is 10.9. The molecule has 0 fully saturated rings. The van der Waals surface area contributed by atoms with Gasteiger partial charge in [0.05, 0.1) is 12.7 Å². The minimum absolute atomic E-state index is 0.218. The summed E-state index contributed by atoms with van der Waals surface area (Å²) in [5.74, 6) is 1.14. The van der Waals surface area contributed by atoms with Crippen LogP contribution in [0.25, 0.3) is 0 Å². The molecule has 102 valence electrons. The second-order valence-corrected chi connectivity index (χ2v) is 4.13. The minimum atomic E-state index is 0.218. The number of benzene rings is 2. The highest BCUT2D eigenvalue weighted by atomic mass is 16.5. The molecule has 0 atom stereocenters. The van der Waals surface area contributed by atoms with Crippen LogP contribution in [0.2, 0.25) is 0 Å². The van der Waals surface area contributed by atoms with Gasteiger partial charge >= 0.3 is 0 Å². The lowest BCUT2D eigenvalue weighted by molar-refractivity contribution is 0.111. The van der Waals surface area contributed by atoms with Crippen molar-refractivity contribution in [3.63, 3.8) is 0 Å². The highest BCUT2D eigenvalue weighted by Crippen LogP contribution is 2.23. The molecule has 0 N–H and O–H groups in total. The molecule has 20 heavy (non-hydrogen) atoms. The largest absolute Gasteiger partial charge is 0.496 e. The second-order valence-electron chi connectivity index (χ2n) is 4.13. The number of methoxy groups -OCH3 is 1. The third kappa shape index (κ3) is 3.03. The summed E-state index contributed by atoms with van der Waals surface area (Å²) in [4.78, 5) is 21.7. The van der Waals surface area contributed by atoms with Crippen LogP contribution in [0.15, 0.2) is 42.5 Å². The molecular formula is C16H14O4. The normalized spacial score (nSPS) is 9.85. The van der Waals surface area contributed by atoms with Crippen molar-refractivity contribution in [2.24, 2.45) is 0 Å². The number of carbonyl (C=O) groups is 2. The molecule has 2 rings (SSSR count). The minimum Gasteiger partial charge on any atom is -0.496 e. The molecule has 0 aromatic heterocycles. The number of aldehydes is 2. The van der Waals surface area contributed by atoms with Crippen molar-refractivity contribution in [2.45, 2.75) is 6.61 Å². The van der Waals surface area contributed by atoms with Gasteiger partial charge < -0.3 is 9.47 Å². The molecule has 0 spiro atoms. The van der Waals surface area contributed by atoms with Gasteiger partial charge in [-0.25, -0.2) is 0 Å². The first-order valence-corrected chi connectivity index (χ1v) is 6.07. The summed E-state index contributed by atoms with van der Waals surface area (Å²) in [7, 11) is 1.55. The SMILES string of the molecule is COc1ccc(C=O)cc1COc1ccccc1C=O. The van der Waals surface area contributed by atoms with Crippen LogP contribution < -0.4 is 9.47 Å². The quantitative estimate of drug-likeness (QED) is 0.757. The second kappa shape index (κ2) is 6.52.